The molecule has 420 valence electrons. The maximum Gasteiger partial charge on any atom is 0.397 e. The van der Waals surface area contributed by atoms with E-state index >= 15 is 0 Å². The van der Waals surface area contributed by atoms with E-state index in [4.69, 9.17) is 18.9 Å². The van der Waals surface area contributed by atoms with Gasteiger partial charge in [0.1, 0.15) is 30.5 Å². The number of carbonyl (C=O) groups is 1. The molecule has 0 aromatic carbocycles. The van der Waals surface area contributed by atoms with Crippen LogP contribution in [0.4, 0.5) is 0 Å². The minimum Gasteiger partial charge on any atom is -0.457 e. The highest BCUT2D eigenvalue weighted by Gasteiger charge is 2.48. The van der Waals surface area contributed by atoms with Crippen molar-refractivity contribution in [2.75, 3.05) is 26.4 Å². The summed E-state index contributed by atoms with van der Waals surface area (Å²) in [6.45, 7) is 3.91. The van der Waals surface area contributed by atoms with E-state index in [1.54, 1.807) is 0 Å². The first kappa shape index (κ1) is 67.8. The molecule has 0 aromatic rings. The van der Waals surface area contributed by atoms with Crippen LogP contribution in [0.2, 0.25) is 0 Å². The van der Waals surface area contributed by atoms with Crippen LogP contribution in [0.5, 0.6) is 0 Å². The molecule has 6 unspecified atom stereocenters. The first-order valence-corrected chi connectivity index (χ1v) is 30.4. The number of aliphatic hydroxyl groups excluding tert-OH is 3. The van der Waals surface area contributed by atoms with E-state index in [1.165, 1.54) is 141 Å². The first-order valence-electron chi connectivity index (χ1n) is 29.0. The number of hydrogen-bond acceptors (Lipinski definition) is 11. The third-order valence-electron chi connectivity index (χ3n) is 13.2. The van der Waals surface area contributed by atoms with Gasteiger partial charge < -0.3 is 34.3 Å². The number of carbonyl (C=O) groups excluding carboxylic acids is 1. The minimum atomic E-state index is -5.07. The van der Waals surface area contributed by atoms with Crippen LogP contribution in [0.3, 0.4) is 0 Å². The maximum absolute atomic E-state index is 13.0. The molecule has 6 atom stereocenters. The molecule has 0 spiro atoms. The van der Waals surface area contributed by atoms with Gasteiger partial charge in [0.05, 0.1) is 19.8 Å². The molecule has 72 heavy (non-hydrogen) atoms. The highest BCUT2D eigenvalue weighted by Crippen LogP contribution is 2.26. The van der Waals surface area contributed by atoms with Gasteiger partial charge in [-0.15, -0.1) is 0 Å². The van der Waals surface area contributed by atoms with Gasteiger partial charge in [0.25, 0.3) is 0 Å². The molecule has 1 aliphatic rings. The van der Waals surface area contributed by atoms with E-state index in [0.717, 1.165) is 77.0 Å². The lowest BCUT2D eigenvalue weighted by Gasteiger charge is -2.41. The van der Waals surface area contributed by atoms with Crippen LogP contribution >= 0.6 is 0 Å². The van der Waals surface area contributed by atoms with Gasteiger partial charge in [-0.1, -0.05) is 242 Å². The largest absolute Gasteiger partial charge is 0.457 e. The minimum absolute atomic E-state index is 0.0336. The molecule has 0 amide bonds. The van der Waals surface area contributed by atoms with Crippen molar-refractivity contribution in [1.82, 2.24) is 0 Å². The summed E-state index contributed by atoms with van der Waals surface area (Å²) in [5, 5.41) is 30.8. The van der Waals surface area contributed by atoms with Crippen molar-refractivity contribution >= 4 is 16.4 Å². The molecule has 4 N–H and O–H groups in total. The third kappa shape index (κ3) is 42.1. The number of aliphatic hydroxyl groups is 3. The van der Waals surface area contributed by atoms with E-state index in [0.29, 0.717) is 13.0 Å². The molecule has 13 heteroatoms. The van der Waals surface area contributed by atoms with Gasteiger partial charge in [-0.3, -0.25) is 9.35 Å². The summed E-state index contributed by atoms with van der Waals surface area (Å²) in [6, 6.07) is 0. The van der Waals surface area contributed by atoms with Gasteiger partial charge in [0.15, 0.2) is 6.29 Å². The Morgan fingerprint density at radius 2 is 0.958 bits per heavy atom. The number of unbranched alkanes of at least 4 members (excludes halogenated alkanes) is 28. The summed E-state index contributed by atoms with van der Waals surface area (Å²) in [5.74, 6) is -0.397. The van der Waals surface area contributed by atoms with Crippen LogP contribution in [0.15, 0.2) is 60.8 Å². The average molecular weight is 1040 g/mol. The van der Waals surface area contributed by atoms with Gasteiger partial charge >= 0.3 is 16.4 Å². The molecular formula is C59H106O12S. The van der Waals surface area contributed by atoms with Gasteiger partial charge in [-0.2, -0.15) is 8.42 Å². The lowest BCUT2D eigenvalue weighted by molar-refractivity contribution is -0.301. The summed E-state index contributed by atoms with van der Waals surface area (Å²) in [7, 11) is -5.07. The van der Waals surface area contributed by atoms with Crippen molar-refractivity contribution in [3.05, 3.63) is 60.8 Å². The van der Waals surface area contributed by atoms with Gasteiger partial charge in [-0.05, 0) is 57.8 Å². The molecule has 0 bridgehead atoms. The molecular weight excluding hydrogens is 933 g/mol. The fraction of sp³-hybridized carbons (Fsp3) is 0.814. The van der Waals surface area contributed by atoms with Gasteiger partial charge in [0.2, 0.25) is 0 Å². The maximum atomic E-state index is 13.0. The molecule has 0 radical (unpaired) electrons. The summed E-state index contributed by atoms with van der Waals surface area (Å²) >= 11 is 0. The normalized spacial score (nSPS) is 19.3. The van der Waals surface area contributed by atoms with Crippen LogP contribution in [-0.2, 0) is 38.3 Å². The number of rotatable bonds is 51. The molecule has 0 saturated carbocycles. The van der Waals surface area contributed by atoms with Crippen LogP contribution in [-0.4, -0.2) is 97.5 Å². The quantitative estimate of drug-likeness (QED) is 0.0196. The first-order chi connectivity index (χ1) is 35.1. The van der Waals surface area contributed by atoms with E-state index in [-0.39, 0.29) is 19.6 Å². The van der Waals surface area contributed by atoms with Crippen molar-refractivity contribution in [3.8, 4) is 0 Å². The summed E-state index contributed by atoms with van der Waals surface area (Å²) < 4.78 is 59.4. The molecule has 1 saturated heterocycles. The summed E-state index contributed by atoms with van der Waals surface area (Å²) in [5.41, 5.74) is 0. The Morgan fingerprint density at radius 3 is 1.40 bits per heavy atom. The number of ether oxygens (including phenoxy) is 4. The topological polar surface area (TPSA) is 178 Å². The summed E-state index contributed by atoms with van der Waals surface area (Å²) in [4.78, 5) is 13.0. The van der Waals surface area contributed by atoms with E-state index in [9.17, 15) is 33.1 Å². The zero-order valence-electron chi connectivity index (χ0n) is 45.5. The number of allylic oxidation sites excluding steroid dienone is 10. The smallest absolute Gasteiger partial charge is 0.397 e. The highest BCUT2D eigenvalue weighted by atomic mass is 32.3. The van der Waals surface area contributed by atoms with Crippen molar-refractivity contribution in [2.24, 2.45) is 0 Å². The van der Waals surface area contributed by atoms with Gasteiger partial charge in [0, 0.05) is 13.0 Å². The van der Waals surface area contributed by atoms with E-state index in [1.807, 2.05) is 0 Å². The second-order valence-corrected chi connectivity index (χ2v) is 20.9. The molecule has 0 aromatic heterocycles. The zero-order chi connectivity index (χ0) is 52.4. The van der Waals surface area contributed by atoms with Crippen LogP contribution in [0, 0.1) is 0 Å². The Labute approximate surface area is 439 Å². The molecule has 1 rings (SSSR count). The van der Waals surface area contributed by atoms with Crippen LogP contribution in [0.1, 0.15) is 245 Å². The monoisotopic (exact) mass is 1040 g/mol. The predicted molar refractivity (Wildman–Crippen MR) is 294 cm³/mol. The van der Waals surface area contributed by atoms with Crippen molar-refractivity contribution in [2.45, 2.75) is 282 Å². The standard InChI is InChI=1S/C59H106O12S/c1-3-5-7-9-11-13-15-17-19-21-23-24-25-26-27-28-29-31-33-35-37-39-41-43-45-47-49-67-51-53(52-68-59-57(63)58(71-72(64,65)66)56(62)54(50-60)70-59)69-55(61)48-46-44-42-40-38-36-34-32-30-22-20-18-16-14-12-10-8-6-4-2/h5,7,11,13,17,19,23-24,26-27,53-54,56-60,62-63H,3-4,6,8-10,12,14-16,18,20-22,25,28-52H2,1-2H3,(H,64,65,66)/b7-5-,13-11-,19-17-,24-23-,27-26-. The SMILES string of the molecule is CC/C=C\C/C=C\C/C=C\C/C=C\C/C=C\CCCCCCCCCCCCOCC(COC1OC(CO)C(O)C(OS(=O)(=O)O)C1O)OC(=O)CCCCCCCCCCCCCCCCCCCCC. The third-order valence-corrected chi connectivity index (χ3v) is 13.6. The Balaban J connectivity index is 2.29. The van der Waals surface area contributed by atoms with Crippen LogP contribution < -0.4 is 0 Å². The Bertz CT molecular complexity index is 1480. The Kier molecular flexibility index (Phi) is 46.8. The molecule has 0 aliphatic carbocycles. The zero-order valence-corrected chi connectivity index (χ0v) is 46.3. The lowest BCUT2D eigenvalue weighted by atomic mass is 9.99. The highest BCUT2D eigenvalue weighted by molar-refractivity contribution is 7.80. The fourth-order valence-corrected chi connectivity index (χ4v) is 9.33. The number of esters is 1. The molecule has 1 aliphatic heterocycles. The second-order valence-electron chi connectivity index (χ2n) is 19.9. The lowest BCUT2D eigenvalue weighted by Crippen LogP contribution is -2.60. The van der Waals surface area contributed by atoms with Gasteiger partial charge in [-0.25, -0.2) is 4.18 Å². The summed E-state index contributed by atoms with van der Waals surface area (Å²) in [6.07, 6.45) is 55.4. The van der Waals surface area contributed by atoms with Crippen LogP contribution in [0.25, 0.3) is 0 Å². The number of hydrogen-bond donors (Lipinski definition) is 4. The van der Waals surface area contributed by atoms with E-state index < -0.39 is 59.8 Å². The molecule has 12 nitrogen and oxygen atoms in total. The van der Waals surface area contributed by atoms with Crippen molar-refractivity contribution in [1.29, 1.82) is 0 Å². The molecule has 1 fully saturated rings. The van der Waals surface area contributed by atoms with E-state index in [2.05, 4.69) is 78.8 Å². The fourth-order valence-electron chi connectivity index (χ4n) is 8.82. The molecule has 1 heterocycles. The Hall–Kier alpha value is -2.20. The Morgan fingerprint density at radius 1 is 0.542 bits per heavy atom. The van der Waals surface area contributed by atoms with Crippen molar-refractivity contribution < 1.29 is 56.2 Å². The second kappa shape index (κ2) is 49.7. The average Bonchev–Trinajstić information content (AvgIpc) is 3.36. The van der Waals surface area contributed by atoms with Crippen molar-refractivity contribution in [3.63, 3.8) is 0 Å². The predicted octanol–water partition coefficient (Wildman–Crippen LogP) is 14.4.